The molecule has 0 bridgehead atoms. The third-order valence-corrected chi connectivity index (χ3v) is 3.36. The van der Waals surface area contributed by atoms with Crippen LogP contribution in [0.15, 0.2) is 18.2 Å². The first-order valence-electron chi connectivity index (χ1n) is 6.34. The summed E-state index contributed by atoms with van der Waals surface area (Å²) in [6.07, 6.45) is 0. The van der Waals surface area contributed by atoms with Gasteiger partial charge in [0.1, 0.15) is 17.3 Å². The lowest BCUT2D eigenvalue weighted by atomic mass is 10.00. The lowest BCUT2D eigenvalue weighted by Gasteiger charge is -2.12. The summed E-state index contributed by atoms with van der Waals surface area (Å²) >= 11 is 0. The molecule has 2 aromatic rings. The smallest absolute Gasteiger partial charge is 0.131 e. The number of rotatable bonds is 2. The van der Waals surface area contributed by atoms with E-state index in [1.807, 2.05) is 6.92 Å². The van der Waals surface area contributed by atoms with Gasteiger partial charge in [-0.05, 0) is 45.7 Å². The summed E-state index contributed by atoms with van der Waals surface area (Å²) in [4.78, 5) is 4.66. The van der Waals surface area contributed by atoms with E-state index in [9.17, 15) is 0 Å². The first kappa shape index (κ1) is 12.7. The van der Waals surface area contributed by atoms with Gasteiger partial charge in [-0.3, -0.25) is 0 Å². The van der Waals surface area contributed by atoms with Crippen LogP contribution in [0, 0.1) is 20.8 Å². The number of aromatic nitrogens is 2. The molecule has 3 heteroatoms. The predicted octanol–water partition coefficient (Wildman–Crippen LogP) is 3.64. The Labute approximate surface area is 109 Å². The molecule has 1 aromatic heterocycles. The fourth-order valence-corrected chi connectivity index (χ4v) is 2.59. The van der Waals surface area contributed by atoms with Crippen molar-refractivity contribution in [1.82, 2.24) is 9.55 Å². The van der Waals surface area contributed by atoms with Crippen molar-refractivity contribution in [2.75, 3.05) is 5.73 Å². The quantitative estimate of drug-likeness (QED) is 0.875. The Morgan fingerprint density at radius 3 is 2.11 bits per heavy atom. The molecule has 0 saturated carbocycles. The highest BCUT2D eigenvalue weighted by Crippen LogP contribution is 2.33. The fraction of sp³-hybridized carbons (Fsp3) is 0.400. The second-order valence-electron chi connectivity index (χ2n) is 5.12. The lowest BCUT2D eigenvalue weighted by Crippen LogP contribution is -2.07. The Morgan fingerprint density at radius 1 is 1.11 bits per heavy atom. The Hall–Kier alpha value is -1.77. The van der Waals surface area contributed by atoms with Gasteiger partial charge in [0, 0.05) is 11.6 Å². The molecule has 0 unspecified atom stereocenters. The highest BCUT2D eigenvalue weighted by atomic mass is 15.2. The first-order valence-corrected chi connectivity index (χ1v) is 6.34. The van der Waals surface area contributed by atoms with Gasteiger partial charge in [-0.2, -0.15) is 0 Å². The molecular formula is C15H21N3. The maximum absolute atomic E-state index is 6.28. The van der Waals surface area contributed by atoms with E-state index in [2.05, 4.69) is 55.4 Å². The van der Waals surface area contributed by atoms with Gasteiger partial charge in [-0.25, -0.2) is 4.98 Å². The highest BCUT2D eigenvalue weighted by Gasteiger charge is 2.18. The zero-order chi connectivity index (χ0) is 13.4. The lowest BCUT2D eigenvalue weighted by molar-refractivity contribution is 0.590. The number of hydrogen-bond donors (Lipinski definition) is 1. The van der Waals surface area contributed by atoms with Crippen LogP contribution in [-0.2, 0) is 0 Å². The number of hydrogen-bond acceptors (Lipinski definition) is 2. The third kappa shape index (κ3) is 1.90. The molecule has 0 amide bonds. The van der Waals surface area contributed by atoms with Gasteiger partial charge in [-0.1, -0.05) is 18.2 Å². The minimum Gasteiger partial charge on any atom is -0.383 e. The van der Waals surface area contributed by atoms with Crippen molar-refractivity contribution in [3.05, 3.63) is 35.2 Å². The first-order chi connectivity index (χ1) is 8.43. The van der Waals surface area contributed by atoms with E-state index in [4.69, 9.17) is 5.73 Å². The SMILES string of the molecule is Cc1cccc(C)c1-c1nc(C)n(C(C)C)c1N. The van der Waals surface area contributed by atoms with Crippen LogP contribution in [0.5, 0.6) is 0 Å². The van der Waals surface area contributed by atoms with Crippen LogP contribution in [-0.4, -0.2) is 9.55 Å². The van der Waals surface area contributed by atoms with E-state index < -0.39 is 0 Å². The summed E-state index contributed by atoms with van der Waals surface area (Å²) in [5.74, 6) is 1.74. The van der Waals surface area contributed by atoms with E-state index >= 15 is 0 Å². The Kier molecular flexibility index (Phi) is 3.16. The minimum absolute atomic E-state index is 0.329. The average Bonchev–Trinajstić information content (AvgIpc) is 2.54. The Morgan fingerprint density at radius 2 is 1.67 bits per heavy atom. The zero-order valence-corrected chi connectivity index (χ0v) is 11.8. The summed E-state index contributed by atoms with van der Waals surface area (Å²) in [6.45, 7) is 10.5. The number of nitrogens with zero attached hydrogens (tertiary/aromatic N) is 2. The molecule has 1 aromatic carbocycles. The molecule has 0 radical (unpaired) electrons. The molecule has 0 aliphatic heterocycles. The molecule has 0 fully saturated rings. The van der Waals surface area contributed by atoms with Crippen LogP contribution >= 0.6 is 0 Å². The molecular weight excluding hydrogens is 222 g/mol. The van der Waals surface area contributed by atoms with Crippen molar-refractivity contribution in [1.29, 1.82) is 0 Å². The summed E-state index contributed by atoms with van der Waals surface area (Å²) in [6, 6.07) is 6.60. The molecule has 0 aliphatic rings. The standard InChI is InChI=1S/C15H21N3/c1-9(2)18-12(5)17-14(15(18)16)13-10(3)7-6-8-11(13)4/h6-9H,16H2,1-5H3. The number of benzene rings is 1. The Balaban J connectivity index is 2.70. The second kappa shape index (κ2) is 4.48. The van der Waals surface area contributed by atoms with Crippen molar-refractivity contribution >= 4 is 5.82 Å². The molecule has 0 aliphatic carbocycles. The van der Waals surface area contributed by atoms with E-state index in [0.717, 1.165) is 22.9 Å². The van der Waals surface area contributed by atoms with Crippen molar-refractivity contribution < 1.29 is 0 Å². The third-order valence-electron chi connectivity index (χ3n) is 3.36. The van der Waals surface area contributed by atoms with Gasteiger partial charge < -0.3 is 10.3 Å². The van der Waals surface area contributed by atoms with E-state index in [1.54, 1.807) is 0 Å². The molecule has 96 valence electrons. The normalized spacial score (nSPS) is 11.2. The van der Waals surface area contributed by atoms with Gasteiger partial charge in [0.05, 0.1) is 0 Å². The summed E-state index contributed by atoms with van der Waals surface area (Å²) < 4.78 is 2.08. The van der Waals surface area contributed by atoms with Crippen LogP contribution in [0.2, 0.25) is 0 Å². The largest absolute Gasteiger partial charge is 0.383 e. The van der Waals surface area contributed by atoms with E-state index in [0.29, 0.717) is 6.04 Å². The predicted molar refractivity (Wildman–Crippen MR) is 76.7 cm³/mol. The molecule has 2 rings (SSSR count). The monoisotopic (exact) mass is 243 g/mol. The molecule has 2 N–H and O–H groups in total. The van der Waals surface area contributed by atoms with E-state index in [1.165, 1.54) is 11.1 Å². The van der Waals surface area contributed by atoms with Gasteiger partial charge in [0.25, 0.3) is 0 Å². The molecule has 0 spiro atoms. The number of nitrogens with two attached hydrogens (primary N) is 1. The van der Waals surface area contributed by atoms with Crippen LogP contribution in [0.1, 0.15) is 36.8 Å². The van der Waals surface area contributed by atoms with Crippen molar-refractivity contribution in [3.8, 4) is 11.3 Å². The molecule has 1 heterocycles. The molecule has 3 nitrogen and oxygen atoms in total. The maximum atomic E-state index is 6.28. The summed E-state index contributed by atoms with van der Waals surface area (Å²) in [5.41, 5.74) is 10.8. The van der Waals surface area contributed by atoms with Crippen LogP contribution in [0.4, 0.5) is 5.82 Å². The number of imidazole rings is 1. The maximum Gasteiger partial charge on any atom is 0.131 e. The van der Waals surface area contributed by atoms with Crippen LogP contribution in [0.25, 0.3) is 11.3 Å². The average molecular weight is 243 g/mol. The van der Waals surface area contributed by atoms with Crippen molar-refractivity contribution in [2.24, 2.45) is 0 Å². The van der Waals surface area contributed by atoms with Gasteiger partial charge >= 0.3 is 0 Å². The van der Waals surface area contributed by atoms with Gasteiger partial charge in [0.15, 0.2) is 0 Å². The fourth-order valence-electron chi connectivity index (χ4n) is 2.59. The van der Waals surface area contributed by atoms with Crippen molar-refractivity contribution in [3.63, 3.8) is 0 Å². The van der Waals surface area contributed by atoms with Crippen LogP contribution < -0.4 is 5.73 Å². The Bertz CT molecular complexity index is 559. The second-order valence-corrected chi connectivity index (χ2v) is 5.12. The molecule has 0 saturated heterocycles. The molecule has 18 heavy (non-hydrogen) atoms. The molecule has 0 atom stereocenters. The topological polar surface area (TPSA) is 43.8 Å². The summed E-state index contributed by atoms with van der Waals surface area (Å²) in [7, 11) is 0. The minimum atomic E-state index is 0.329. The van der Waals surface area contributed by atoms with Crippen LogP contribution in [0.3, 0.4) is 0 Å². The zero-order valence-electron chi connectivity index (χ0n) is 11.8. The number of nitrogen functional groups attached to an aromatic ring is 1. The van der Waals surface area contributed by atoms with Gasteiger partial charge in [-0.15, -0.1) is 0 Å². The summed E-state index contributed by atoms with van der Waals surface area (Å²) in [5, 5.41) is 0. The van der Waals surface area contributed by atoms with Crippen molar-refractivity contribution in [2.45, 2.75) is 40.7 Å². The van der Waals surface area contributed by atoms with Gasteiger partial charge in [0.2, 0.25) is 0 Å². The highest BCUT2D eigenvalue weighted by molar-refractivity contribution is 5.76. The number of aryl methyl sites for hydroxylation is 3. The van der Waals surface area contributed by atoms with E-state index in [-0.39, 0.29) is 0 Å². The number of anilines is 1.